The second-order valence-electron chi connectivity index (χ2n) is 4.47. The van der Waals surface area contributed by atoms with Gasteiger partial charge in [-0.15, -0.1) is 5.10 Å². The average Bonchev–Trinajstić information content (AvgIpc) is 2.84. The van der Waals surface area contributed by atoms with Crippen LogP contribution in [0, 0.1) is 0 Å². The predicted molar refractivity (Wildman–Crippen MR) is 78.1 cm³/mol. The molecule has 0 aliphatic rings. The molecule has 0 atom stereocenters. The molecule has 5 nitrogen and oxygen atoms in total. The highest BCUT2D eigenvalue weighted by molar-refractivity contribution is 7.10. The summed E-state index contributed by atoms with van der Waals surface area (Å²) in [6.07, 6.45) is 2.92. The summed E-state index contributed by atoms with van der Waals surface area (Å²) in [6, 6.07) is 5.97. The van der Waals surface area contributed by atoms with E-state index in [2.05, 4.69) is 38.8 Å². The molecule has 2 aromatic rings. The maximum atomic E-state index is 4.33. The fourth-order valence-electron chi connectivity index (χ4n) is 1.76. The van der Waals surface area contributed by atoms with E-state index in [1.54, 1.807) is 0 Å². The number of anilines is 1. The van der Waals surface area contributed by atoms with Crippen LogP contribution in [0.15, 0.2) is 24.4 Å². The molecule has 2 heterocycles. The van der Waals surface area contributed by atoms with Crippen molar-refractivity contribution in [1.29, 1.82) is 0 Å². The zero-order chi connectivity index (χ0) is 13.5. The van der Waals surface area contributed by atoms with Crippen molar-refractivity contribution in [2.24, 2.45) is 0 Å². The molecule has 0 saturated heterocycles. The van der Waals surface area contributed by atoms with Gasteiger partial charge < -0.3 is 5.32 Å². The number of nitrogens with one attached hydrogen (secondary N) is 1. The van der Waals surface area contributed by atoms with Crippen LogP contribution in [0.2, 0.25) is 0 Å². The van der Waals surface area contributed by atoms with Gasteiger partial charge in [0.25, 0.3) is 0 Å². The zero-order valence-corrected chi connectivity index (χ0v) is 12.2. The van der Waals surface area contributed by atoms with E-state index >= 15 is 0 Å². The van der Waals surface area contributed by atoms with E-state index in [4.69, 9.17) is 0 Å². The van der Waals surface area contributed by atoms with Crippen molar-refractivity contribution in [2.45, 2.75) is 26.4 Å². The molecular weight excluding hydrogens is 258 g/mol. The largest absolute Gasteiger partial charge is 0.374 e. The molecule has 0 fully saturated rings. The highest BCUT2D eigenvalue weighted by Crippen LogP contribution is 2.19. The second-order valence-corrected chi connectivity index (χ2v) is 5.22. The summed E-state index contributed by atoms with van der Waals surface area (Å²) in [7, 11) is 2.07. The molecule has 0 amide bonds. The number of hydrogen-bond donors (Lipinski definition) is 1. The lowest BCUT2D eigenvalue weighted by molar-refractivity contribution is 0.311. The van der Waals surface area contributed by atoms with E-state index in [9.17, 15) is 0 Å². The quantitative estimate of drug-likeness (QED) is 0.842. The fourth-order valence-corrected chi connectivity index (χ4v) is 2.36. The maximum Gasteiger partial charge on any atom is 0.134 e. The van der Waals surface area contributed by atoms with Crippen molar-refractivity contribution in [2.75, 3.05) is 18.9 Å². The molecule has 0 unspecified atom stereocenters. The molecule has 0 aliphatic carbocycles. The highest BCUT2D eigenvalue weighted by atomic mass is 32.1. The molecule has 0 spiro atoms. The summed E-state index contributed by atoms with van der Waals surface area (Å²) in [6.45, 7) is 4.69. The molecule has 0 aliphatic heterocycles. The lowest BCUT2D eigenvalue weighted by Crippen LogP contribution is -2.19. The van der Waals surface area contributed by atoms with Crippen molar-refractivity contribution in [3.05, 3.63) is 35.8 Å². The number of rotatable bonds is 7. The number of pyridine rings is 1. The molecule has 19 heavy (non-hydrogen) atoms. The SMILES string of the molecule is CCCNc1snnc1CN(C)Cc1ccccn1. The third-order valence-electron chi connectivity index (χ3n) is 2.67. The van der Waals surface area contributed by atoms with Crippen LogP contribution in [-0.2, 0) is 13.1 Å². The number of aromatic nitrogens is 3. The van der Waals surface area contributed by atoms with Gasteiger partial charge in [0.2, 0.25) is 0 Å². The van der Waals surface area contributed by atoms with Gasteiger partial charge >= 0.3 is 0 Å². The molecule has 0 radical (unpaired) electrons. The molecule has 6 heteroatoms. The Kier molecular flexibility index (Phi) is 5.23. The Labute approximate surface area is 117 Å². The molecule has 1 N–H and O–H groups in total. The second kappa shape index (κ2) is 7.16. The predicted octanol–water partition coefficient (Wildman–Crippen LogP) is 2.39. The first-order chi connectivity index (χ1) is 9.29. The molecule has 0 aromatic carbocycles. The molecule has 102 valence electrons. The van der Waals surface area contributed by atoms with E-state index in [-0.39, 0.29) is 0 Å². The van der Waals surface area contributed by atoms with Gasteiger partial charge in [-0.3, -0.25) is 9.88 Å². The minimum Gasteiger partial charge on any atom is -0.374 e. The van der Waals surface area contributed by atoms with E-state index in [1.165, 1.54) is 11.5 Å². The third kappa shape index (κ3) is 4.25. The van der Waals surface area contributed by atoms with Gasteiger partial charge in [0, 0.05) is 37.4 Å². The number of nitrogens with zero attached hydrogens (tertiary/aromatic N) is 4. The normalized spacial score (nSPS) is 10.9. The first-order valence-corrected chi connectivity index (χ1v) is 7.20. The van der Waals surface area contributed by atoms with Gasteiger partial charge in [0.05, 0.1) is 5.69 Å². The van der Waals surface area contributed by atoms with Crippen LogP contribution in [-0.4, -0.2) is 33.1 Å². The van der Waals surface area contributed by atoms with Crippen molar-refractivity contribution < 1.29 is 0 Å². The van der Waals surface area contributed by atoms with Crippen molar-refractivity contribution in [3.63, 3.8) is 0 Å². The Balaban J connectivity index is 1.91. The highest BCUT2D eigenvalue weighted by Gasteiger charge is 2.10. The fraction of sp³-hybridized carbons (Fsp3) is 0.462. The van der Waals surface area contributed by atoms with Crippen molar-refractivity contribution in [1.82, 2.24) is 19.5 Å². The molecular formula is C13H19N5S. The van der Waals surface area contributed by atoms with Crippen LogP contribution >= 0.6 is 11.5 Å². The average molecular weight is 277 g/mol. The summed E-state index contributed by atoms with van der Waals surface area (Å²) in [5.41, 5.74) is 2.08. The smallest absolute Gasteiger partial charge is 0.134 e. The van der Waals surface area contributed by atoms with Gasteiger partial charge in [0.15, 0.2) is 0 Å². The summed E-state index contributed by atoms with van der Waals surface area (Å²) < 4.78 is 4.02. The number of hydrogen-bond acceptors (Lipinski definition) is 6. The Morgan fingerprint density at radius 1 is 1.32 bits per heavy atom. The van der Waals surface area contributed by atoms with E-state index in [0.29, 0.717) is 0 Å². The summed E-state index contributed by atoms with van der Waals surface area (Å²) in [4.78, 5) is 6.52. The van der Waals surface area contributed by atoms with E-state index in [1.807, 2.05) is 24.4 Å². The van der Waals surface area contributed by atoms with Crippen LogP contribution in [0.3, 0.4) is 0 Å². The first kappa shape index (κ1) is 13.9. The van der Waals surface area contributed by atoms with Crippen LogP contribution < -0.4 is 5.32 Å². The van der Waals surface area contributed by atoms with Crippen LogP contribution in [0.4, 0.5) is 5.00 Å². The lowest BCUT2D eigenvalue weighted by Gasteiger charge is -2.15. The van der Waals surface area contributed by atoms with Gasteiger partial charge in [-0.2, -0.15) is 0 Å². The lowest BCUT2D eigenvalue weighted by atomic mass is 10.3. The molecule has 0 saturated carbocycles. The van der Waals surface area contributed by atoms with Crippen molar-refractivity contribution >= 4 is 16.5 Å². The van der Waals surface area contributed by atoms with Gasteiger partial charge in [-0.05, 0) is 25.6 Å². The van der Waals surface area contributed by atoms with Gasteiger partial charge in [-0.1, -0.05) is 17.5 Å². The summed E-state index contributed by atoms with van der Waals surface area (Å²) in [5.74, 6) is 0. The molecule has 2 rings (SSSR count). The minimum atomic E-state index is 0.777. The van der Waals surface area contributed by atoms with Crippen LogP contribution in [0.5, 0.6) is 0 Å². The van der Waals surface area contributed by atoms with E-state index < -0.39 is 0 Å². The third-order valence-corrected chi connectivity index (χ3v) is 3.39. The molecule has 2 aromatic heterocycles. The Hall–Kier alpha value is -1.53. The summed E-state index contributed by atoms with van der Waals surface area (Å²) >= 11 is 1.42. The molecule has 0 bridgehead atoms. The topological polar surface area (TPSA) is 53.9 Å². The monoisotopic (exact) mass is 277 g/mol. The first-order valence-electron chi connectivity index (χ1n) is 6.43. The Bertz CT molecular complexity index is 485. The Morgan fingerprint density at radius 2 is 2.21 bits per heavy atom. The zero-order valence-electron chi connectivity index (χ0n) is 11.3. The Morgan fingerprint density at radius 3 is 2.95 bits per heavy atom. The standard InChI is InChI=1S/C13H19N5S/c1-3-7-15-13-12(16-17-19-13)10-18(2)9-11-6-4-5-8-14-11/h4-6,8,15H,3,7,9-10H2,1-2H3. The van der Waals surface area contributed by atoms with Crippen molar-refractivity contribution in [3.8, 4) is 0 Å². The maximum absolute atomic E-state index is 4.33. The van der Waals surface area contributed by atoms with Gasteiger partial charge in [-0.25, -0.2) is 0 Å². The van der Waals surface area contributed by atoms with Gasteiger partial charge in [0.1, 0.15) is 10.7 Å². The van der Waals surface area contributed by atoms with E-state index in [0.717, 1.165) is 42.4 Å². The summed E-state index contributed by atoms with van der Waals surface area (Å²) in [5, 5.41) is 8.64. The minimum absolute atomic E-state index is 0.777. The van der Waals surface area contributed by atoms with Crippen LogP contribution in [0.1, 0.15) is 24.7 Å². The van der Waals surface area contributed by atoms with Crippen LogP contribution in [0.25, 0.3) is 0 Å².